The van der Waals surface area contributed by atoms with Crippen LogP contribution in [-0.4, -0.2) is 66.9 Å². The van der Waals surface area contributed by atoms with Crippen molar-refractivity contribution in [2.24, 2.45) is 0 Å². The predicted molar refractivity (Wildman–Crippen MR) is 104 cm³/mol. The van der Waals surface area contributed by atoms with Crippen LogP contribution in [0.4, 0.5) is 10.5 Å². The molecule has 1 aromatic carbocycles. The minimum Gasteiger partial charge on any atom is -0.340 e. The van der Waals surface area contributed by atoms with Gasteiger partial charge in [0.05, 0.1) is 5.69 Å². The van der Waals surface area contributed by atoms with Crippen LogP contribution in [0.2, 0.25) is 0 Å². The molecule has 27 heavy (non-hydrogen) atoms. The van der Waals surface area contributed by atoms with Gasteiger partial charge in [0.2, 0.25) is 5.91 Å². The van der Waals surface area contributed by atoms with Crippen LogP contribution in [0.5, 0.6) is 0 Å². The first kappa shape index (κ1) is 19.4. The molecule has 4 amide bonds. The zero-order valence-electron chi connectivity index (χ0n) is 16.3. The van der Waals surface area contributed by atoms with Crippen molar-refractivity contribution in [3.8, 4) is 0 Å². The topological polar surface area (TPSA) is 73.0 Å². The number of likely N-dealkylation sites (N-methyl/N-ethyl adjacent to an activating group) is 1. The van der Waals surface area contributed by atoms with E-state index < -0.39 is 12.1 Å². The van der Waals surface area contributed by atoms with Gasteiger partial charge in [-0.1, -0.05) is 26.0 Å². The number of imide groups is 1. The summed E-state index contributed by atoms with van der Waals surface area (Å²) in [7, 11) is 2.04. The van der Waals surface area contributed by atoms with Gasteiger partial charge in [0, 0.05) is 32.6 Å². The van der Waals surface area contributed by atoms with Crippen molar-refractivity contribution < 1.29 is 14.4 Å². The zero-order valence-corrected chi connectivity index (χ0v) is 16.3. The second-order valence-corrected chi connectivity index (χ2v) is 7.64. The highest BCUT2D eigenvalue weighted by atomic mass is 16.2. The number of hydrogen-bond acceptors (Lipinski definition) is 4. The fraction of sp³-hybridized carbons (Fsp3) is 0.550. The molecule has 2 aliphatic heterocycles. The largest absolute Gasteiger partial charge is 0.340 e. The van der Waals surface area contributed by atoms with Crippen molar-refractivity contribution in [3.63, 3.8) is 0 Å². The lowest BCUT2D eigenvalue weighted by Crippen LogP contribution is -2.47. The Kier molecular flexibility index (Phi) is 5.79. The van der Waals surface area contributed by atoms with Crippen LogP contribution in [0, 0.1) is 0 Å². The maximum atomic E-state index is 12.7. The van der Waals surface area contributed by atoms with Crippen molar-refractivity contribution in [1.82, 2.24) is 15.1 Å². The van der Waals surface area contributed by atoms with Gasteiger partial charge in [-0.05, 0) is 37.1 Å². The van der Waals surface area contributed by atoms with Crippen molar-refractivity contribution in [2.45, 2.75) is 38.6 Å². The number of nitrogens with one attached hydrogen (secondary N) is 1. The molecule has 7 nitrogen and oxygen atoms in total. The third-order valence-corrected chi connectivity index (χ3v) is 5.34. The van der Waals surface area contributed by atoms with Gasteiger partial charge in [-0.25, -0.2) is 9.69 Å². The minimum absolute atomic E-state index is 0.0462. The van der Waals surface area contributed by atoms with Gasteiger partial charge in [0.1, 0.15) is 6.04 Å². The Hall–Kier alpha value is -2.41. The van der Waals surface area contributed by atoms with Crippen molar-refractivity contribution in [1.29, 1.82) is 0 Å². The number of carbonyl (C=O) groups excluding carboxylic acids is 3. The van der Waals surface area contributed by atoms with Gasteiger partial charge in [0.15, 0.2) is 0 Å². The SMILES string of the molecule is CC(C)c1ccc(N2C(=O)N[C@H](CCC(=O)N3CCN(C)CC3)C2=O)cc1. The normalized spacial score (nSPS) is 21.1. The Morgan fingerprint density at radius 3 is 2.33 bits per heavy atom. The van der Waals surface area contributed by atoms with Crippen LogP contribution in [0.15, 0.2) is 24.3 Å². The molecule has 0 aliphatic carbocycles. The Bertz CT molecular complexity index is 708. The molecule has 0 radical (unpaired) electrons. The van der Waals surface area contributed by atoms with E-state index in [2.05, 4.69) is 24.1 Å². The third-order valence-electron chi connectivity index (χ3n) is 5.34. The van der Waals surface area contributed by atoms with Gasteiger partial charge in [-0.15, -0.1) is 0 Å². The maximum Gasteiger partial charge on any atom is 0.329 e. The number of benzene rings is 1. The fourth-order valence-electron chi connectivity index (χ4n) is 3.46. The summed E-state index contributed by atoms with van der Waals surface area (Å²) in [6.45, 7) is 7.35. The van der Waals surface area contributed by atoms with Crippen molar-refractivity contribution in [3.05, 3.63) is 29.8 Å². The van der Waals surface area contributed by atoms with E-state index in [0.717, 1.165) is 18.7 Å². The first-order valence-electron chi connectivity index (χ1n) is 9.57. The molecule has 1 N–H and O–H groups in total. The van der Waals surface area contributed by atoms with E-state index in [1.54, 1.807) is 12.1 Å². The molecule has 0 saturated carbocycles. The summed E-state index contributed by atoms with van der Waals surface area (Å²) in [6.07, 6.45) is 0.594. The van der Waals surface area contributed by atoms with Crippen LogP contribution in [-0.2, 0) is 9.59 Å². The number of rotatable bonds is 5. The van der Waals surface area contributed by atoms with Crippen LogP contribution < -0.4 is 10.2 Å². The molecule has 0 spiro atoms. The molecule has 2 saturated heterocycles. The molecule has 0 bridgehead atoms. The zero-order chi connectivity index (χ0) is 19.6. The molecule has 0 unspecified atom stereocenters. The third kappa shape index (κ3) is 4.30. The van der Waals surface area contributed by atoms with E-state index in [4.69, 9.17) is 0 Å². The number of hydrogen-bond donors (Lipinski definition) is 1. The minimum atomic E-state index is -0.640. The van der Waals surface area contributed by atoms with E-state index in [1.165, 1.54) is 4.90 Å². The van der Waals surface area contributed by atoms with Crippen LogP contribution >= 0.6 is 0 Å². The van der Waals surface area contributed by atoms with Crippen LogP contribution in [0.1, 0.15) is 38.2 Å². The Morgan fingerprint density at radius 1 is 1.11 bits per heavy atom. The summed E-state index contributed by atoms with van der Waals surface area (Å²) in [4.78, 5) is 42.5. The van der Waals surface area contributed by atoms with E-state index >= 15 is 0 Å². The Balaban J connectivity index is 1.58. The molecular formula is C20H28N4O3. The summed E-state index contributed by atoms with van der Waals surface area (Å²) in [5.74, 6) is 0.142. The standard InChI is InChI=1S/C20H28N4O3/c1-14(2)15-4-6-16(7-5-15)24-19(26)17(21-20(24)27)8-9-18(25)23-12-10-22(3)11-13-23/h4-7,14,17H,8-13H2,1-3H3,(H,21,27)/t17-/m1/s1. The average molecular weight is 372 g/mol. The van der Waals surface area contributed by atoms with Gasteiger partial charge >= 0.3 is 6.03 Å². The number of piperazine rings is 1. The first-order valence-corrected chi connectivity index (χ1v) is 9.57. The molecule has 2 aliphatic rings. The molecule has 2 heterocycles. The summed E-state index contributed by atoms with van der Waals surface area (Å²) < 4.78 is 0. The molecular weight excluding hydrogens is 344 g/mol. The van der Waals surface area contributed by atoms with E-state index in [0.29, 0.717) is 31.1 Å². The Morgan fingerprint density at radius 2 is 1.74 bits per heavy atom. The van der Waals surface area contributed by atoms with Gasteiger partial charge < -0.3 is 15.1 Å². The monoisotopic (exact) mass is 372 g/mol. The van der Waals surface area contributed by atoms with Crippen molar-refractivity contribution in [2.75, 3.05) is 38.1 Å². The quantitative estimate of drug-likeness (QED) is 0.800. The average Bonchev–Trinajstić information content (AvgIpc) is 2.94. The summed E-state index contributed by atoms with van der Waals surface area (Å²) in [6, 6.07) is 6.40. The lowest BCUT2D eigenvalue weighted by molar-refractivity contribution is -0.133. The second-order valence-electron chi connectivity index (χ2n) is 7.64. The summed E-state index contributed by atoms with van der Waals surface area (Å²) in [5.41, 5.74) is 1.72. The van der Waals surface area contributed by atoms with Gasteiger partial charge in [-0.2, -0.15) is 0 Å². The van der Waals surface area contributed by atoms with E-state index in [1.807, 2.05) is 24.1 Å². The number of urea groups is 1. The number of amides is 4. The van der Waals surface area contributed by atoms with Gasteiger partial charge in [-0.3, -0.25) is 9.59 Å². The number of carbonyl (C=O) groups is 3. The predicted octanol–water partition coefficient (Wildman–Crippen LogP) is 1.79. The van der Waals surface area contributed by atoms with Gasteiger partial charge in [0.25, 0.3) is 5.91 Å². The molecule has 7 heteroatoms. The Labute approximate surface area is 160 Å². The second kappa shape index (κ2) is 8.08. The molecule has 146 valence electrons. The number of anilines is 1. The molecule has 3 rings (SSSR count). The number of nitrogens with zero attached hydrogens (tertiary/aromatic N) is 3. The summed E-state index contributed by atoms with van der Waals surface area (Å²) in [5, 5.41) is 2.71. The first-order chi connectivity index (χ1) is 12.9. The highest BCUT2D eigenvalue weighted by Gasteiger charge is 2.39. The van der Waals surface area contributed by atoms with Crippen LogP contribution in [0.25, 0.3) is 0 Å². The molecule has 1 atom stereocenters. The lowest BCUT2D eigenvalue weighted by atomic mass is 10.0. The van der Waals surface area contributed by atoms with E-state index in [9.17, 15) is 14.4 Å². The van der Waals surface area contributed by atoms with Crippen molar-refractivity contribution >= 4 is 23.5 Å². The highest BCUT2D eigenvalue weighted by molar-refractivity contribution is 6.21. The highest BCUT2D eigenvalue weighted by Crippen LogP contribution is 2.24. The smallest absolute Gasteiger partial charge is 0.329 e. The fourth-order valence-corrected chi connectivity index (χ4v) is 3.46. The lowest BCUT2D eigenvalue weighted by Gasteiger charge is -2.32. The molecule has 0 aromatic heterocycles. The maximum absolute atomic E-state index is 12.7. The molecule has 2 fully saturated rings. The summed E-state index contributed by atoms with van der Waals surface area (Å²) >= 11 is 0. The van der Waals surface area contributed by atoms with Crippen LogP contribution in [0.3, 0.4) is 0 Å². The molecule has 1 aromatic rings. The van der Waals surface area contributed by atoms with E-state index in [-0.39, 0.29) is 18.2 Å².